The summed E-state index contributed by atoms with van der Waals surface area (Å²) in [5.74, 6) is 1.45. The van der Waals surface area contributed by atoms with Crippen LogP contribution in [-0.2, 0) is 11.3 Å². The average Bonchev–Trinajstić information content (AvgIpc) is 2.82. The number of nitrogens with one attached hydrogen (secondary N) is 2. The first-order chi connectivity index (χ1) is 8.31. The highest BCUT2D eigenvalue weighted by atomic mass is 16.7. The van der Waals surface area contributed by atoms with Crippen LogP contribution in [0.1, 0.15) is 12.5 Å². The Hall–Kier alpha value is -1.75. The van der Waals surface area contributed by atoms with E-state index in [0.717, 1.165) is 23.6 Å². The van der Waals surface area contributed by atoms with E-state index in [1.165, 1.54) is 0 Å². The molecule has 0 unspecified atom stereocenters. The van der Waals surface area contributed by atoms with E-state index in [4.69, 9.17) is 9.47 Å². The number of para-hydroxylation sites is 1. The lowest BCUT2D eigenvalue weighted by molar-refractivity contribution is -0.120. The monoisotopic (exact) mass is 236 g/mol. The molecule has 0 bridgehead atoms. The van der Waals surface area contributed by atoms with Gasteiger partial charge in [0, 0.05) is 12.1 Å². The van der Waals surface area contributed by atoms with E-state index in [0.29, 0.717) is 13.1 Å². The first-order valence-electron chi connectivity index (χ1n) is 5.66. The fraction of sp³-hybridized carbons (Fsp3) is 0.417. The van der Waals surface area contributed by atoms with Crippen LogP contribution in [0.4, 0.5) is 0 Å². The van der Waals surface area contributed by atoms with Gasteiger partial charge in [-0.3, -0.25) is 4.79 Å². The van der Waals surface area contributed by atoms with Crippen molar-refractivity contribution >= 4 is 5.91 Å². The number of hydrogen-bond acceptors (Lipinski definition) is 4. The number of amides is 1. The topological polar surface area (TPSA) is 59.6 Å². The lowest BCUT2D eigenvalue weighted by Crippen LogP contribution is -2.33. The summed E-state index contributed by atoms with van der Waals surface area (Å²) in [5, 5.41) is 5.80. The first kappa shape index (κ1) is 11.7. The van der Waals surface area contributed by atoms with Gasteiger partial charge < -0.3 is 20.1 Å². The maximum atomic E-state index is 11.4. The maximum absolute atomic E-state index is 11.4. The molecular weight excluding hydrogens is 220 g/mol. The fourth-order valence-corrected chi connectivity index (χ4v) is 1.62. The summed E-state index contributed by atoms with van der Waals surface area (Å²) < 4.78 is 10.6. The maximum Gasteiger partial charge on any atom is 0.234 e. The number of ether oxygens (including phenoxy) is 2. The number of benzene rings is 1. The third kappa shape index (κ3) is 2.88. The van der Waals surface area contributed by atoms with Crippen LogP contribution in [0.15, 0.2) is 18.2 Å². The van der Waals surface area contributed by atoms with E-state index >= 15 is 0 Å². The average molecular weight is 236 g/mol. The normalized spacial score (nSPS) is 12.5. The van der Waals surface area contributed by atoms with Gasteiger partial charge >= 0.3 is 0 Å². The number of likely N-dealkylation sites (N-methyl/N-ethyl adjacent to an activating group) is 1. The Bertz CT molecular complexity index is 407. The summed E-state index contributed by atoms with van der Waals surface area (Å²) in [4.78, 5) is 11.4. The zero-order valence-electron chi connectivity index (χ0n) is 9.79. The molecular formula is C12H16N2O3. The molecule has 5 heteroatoms. The van der Waals surface area contributed by atoms with Crippen molar-refractivity contribution in [2.24, 2.45) is 0 Å². The van der Waals surface area contributed by atoms with Crippen molar-refractivity contribution in [2.75, 3.05) is 19.9 Å². The molecule has 1 aliphatic rings. The molecule has 0 saturated carbocycles. The van der Waals surface area contributed by atoms with Crippen LogP contribution in [0.2, 0.25) is 0 Å². The predicted molar refractivity (Wildman–Crippen MR) is 63.0 cm³/mol. The van der Waals surface area contributed by atoms with Gasteiger partial charge in [-0.05, 0) is 12.6 Å². The van der Waals surface area contributed by atoms with E-state index in [-0.39, 0.29) is 12.7 Å². The van der Waals surface area contributed by atoms with Gasteiger partial charge in [0.15, 0.2) is 11.5 Å². The minimum atomic E-state index is -0.0247. The van der Waals surface area contributed by atoms with Gasteiger partial charge in [0.1, 0.15) is 0 Å². The SMILES string of the molecule is CCNCC(=O)NCc1cccc2c1OCO2. The summed E-state index contributed by atoms with van der Waals surface area (Å²) in [7, 11) is 0. The molecule has 92 valence electrons. The molecule has 0 aliphatic carbocycles. The zero-order valence-corrected chi connectivity index (χ0v) is 9.79. The molecule has 1 aromatic rings. The van der Waals surface area contributed by atoms with Crippen LogP contribution in [0.5, 0.6) is 11.5 Å². The molecule has 0 aromatic heterocycles. The van der Waals surface area contributed by atoms with Gasteiger partial charge in [-0.25, -0.2) is 0 Å². The molecule has 0 fully saturated rings. The Morgan fingerprint density at radius 1 is 1.41 bits per heavy atom. The third-order valence-corrected chi connectivity index (χ3v) is 2.49. The largest absolute Gasteiger partial charge is 0.454 e. The van der Waals surface area contributed by atoms with Crippen LogP contribution in [0.25, 0.3) is 0 Å². The van der Waals surface area contributed by atoms with E-state index in [9.17, 15) is 4.79 Å². The highest BCUT2D eigenvalue weighted by molar-refractivity contribution is 5.78. The van der Waals surface area contributed by atoms with E-state index < -0.39 is 0 Å². The fourth-order valence-electron chi connectivity index (χ4n) is 1.62. The molecule has 1 aromatic carbocycles. The molecule has 1 aliphatic heterocycles. The predicted octanol–water partition coefficient (Wildman–Crippen LogP) is 0.641. The van der Waals surface area contributed by atoms with Gasteiger partial charge in [0.25, 0.3) is 0 Å². The smallest absolute Gasteiger partial charge is 0.234 e. The van der Waals surface area contributed by atoms with E-state index in [1.807, 2.05) is 25.1 Å². The Balaban J connectivity index is 1.91. The highest BCUT2D eigenvalue weighted by Crippen LogP contribution is 2.35. The summed E-state index contributed by atoms with van der Waals surface area (Å²) in [6.45, 7) is 3.78. The van der Waals surface area contributed by atoms with Crippen LogP contribution in [-0.4, -0.2) is 25.8 Å². The summed E-state index contributed by atoms with van der Waals surface area (Å²) in [5.41, 5.74) is 0.935. The van der Waals surface area contributed by atoms with Crippen molar-refractivity contribution in [1.29, 1.82) is 0 Å². The van der Waals surface area contributed by atoms with Crippen molar-refractivity contribution in [2.45, 2.75) is 13.5 Å². The van der Waals surface area contributed by atoms with Crippen molar-refractivity contribution < 1.29 is 14.3 Å². The molecule has 2 rings (SSSR count). The Morgan fingerprint density at radius 3 is 3.12 bits per heavy atom. The molecule has 0 radical (unpaired) electrons. The highest BCUT2D eigenvalue weighted by Gasteiger charge is 2.17. The van der Waals surface area contributed by atoms with Gasteiger partial charge in [-0.2, -0.15) is 0 Å². The molecule has 17 heavy (non-hydrogen) atoms. The molecule has 1 amide bonds. The van der Waals surface area contributed by atoms with Crippen molar-refractivity contribution in [3.8, 4) is 11.5 Å². The number of hydrogen-bond donors (Lipinski definition) is 2. The van der Waals surface area contributed by atoms with Gasteiger partial charge in [-0.15, -0.1) is 0 Å². The van der Waals surface area contributed by atoms with Crippen molar-refractivity contribution in [1.82, 2.24) is 10.6 Å². The second-order valence-electron chi connectivity index (χ2n) is 3.71. The number of carbonyl (C=O) groups excluding carboxylic acids is 1. The first-order valence-corrected chi connectivity index (χ1v) is 5.66. The number of carbonyl (C=O) groups is 1. The minimum Gasteiger partial charge on any atom is -0.454 e. The lowest BCUT2D eigenvalue weighted by atomic mass is 10.2. The van der Waals surface area contributed by atoms with Crippen LogP contribution in [0, 0.1) is 0 Å². The van der Waals surface area contributed by atoms with Crippen molar-refractivity contribution in [3.63, 3.8) is 0 Å². The van der Waals surface area contributed by atoms with Crippen molar-refractivity contribution in [3.05, 3.63) is 23.8 Å². The molecule has 5 nitrogen and oxygen atoms in total. The van der Waals surface area contributed by atoms with E-state index in [2.05, 4.69) is 10.6 Å². The molecule has 2 N–H and O–H groups in total. The second kappa shape index (κ2) is 5.54. The van der Waals surface area contributed by atoms with Gasteiger partial charge in [-0.1, -0.05) is 19.1 Å². The molecule has 0 saturated heterocycles. The van der Waals surface area contributed by atoms with E-state index in [1.54, 1.807) is 0 Å². The van der Waals surface area contributed by atoms with Crippen LogP contribution >= 0.6 is 0 Å². The standard InChI is InChI=1S/C12H16N2O3/c1-2-13-7-11(15)14-6-9-4-3-5-10-12(9)17-8-16-10/h3-5,13H,2,6-8H2,1H3,(H,14,15). The lowest BCUT2D eigenvalue weighted by Gasteiger charge is -2.08. The molecule has 0 spiro atoms. The Kier molecular flexibility index (Phi) is 3.82. The Labute approximate surface area is 100 Å². The van der Waals surface area contributed by atoms with Gasteiger partial charge in [0.2, 0.25) is 12.7 Å². The van der Waals surface area contributed by atoms with Crippen LogP contribution < -0.4 is 20.1 Å². The third-order valence-electron chi connectivity index (χ3n) is 2.49. The quantitative estimate of drug-likeness (QED) is 0.787. The summed E-state index contributed by atoms with van der Waals surface area (Å²) in [6.07, 6.45) is 0. The molecule has 0 atom stereocenters. The summed E-state index contributed by atoms with van der Waals surface area (Å²) >= 11 is 0. The van der Waals surface area contributed by atoms with Gasteiger partial charge in [0.05, 0.1) is 6.54 Å². The zero-order chi connectivity index (χ0) is 12.1. The van der Waals surface area contributed by atoms with Crippen LogP contribution in [0.3, 0.4) is 0 Å². The summed E-state index contributed by atoms with van der Waals surface area (Å²) in [6, 6.07) is 5.66. The number of rotatable bonds is 5. The minimum absolute atomic E-state index is 0.0247. The Morgan fingerprint density at radius 2 is 2.29 bits per heavy atom. The second-order valence-corrected chi connectivity index (χ2v) is 3.71. The molecule has 1 heterocycles. The number of fused-ring (bicyclic) bond motifs is 1.